The smallest absolute Gasteiger partial charge is 0.357 e. The number of aromatic nitrogens is 1. The molecule has 0 amide bonds. The van der Waals surface area contributed by atoms with E-state index in [-0.39, 0.29) is 30.0 Å². The maximum atomic E-state index is 12.8. The molecule has 0 aliphatic carbocycles. The molecule has 0 unspecified atom stereocenters. The summed E-state index contributed by atoms with van der Waals surface area (Å²) in [5.74, 6) is -0.728. The van der Waals surface area contributed by atoms with Gasteiger partial charge < -0.3 is 10.5 Å². The molecule has 94 valence electrons. The van der Waals surface area contributed by atoms with Crippen LogP contribution in [0.3, 0.4) is 0 Å². The Morgan fingerprint density at radius 2 is 2.29 bits per heavy atom. The average Bonchev–Trinajstić information content (AvgIpc) is 2.28. The van der Waals surface area contributed by atoms with E-state index in [2.05, 4.69) is 4.98 Å². The average molecular weight is 356 g/mol. The van der Waals surface area contributed by atoms with Gasteiger partial charge in [0.15, 0.2) is 5.69 Å². The van der Waals surface area contributed by atoms with Gasteiger partial charge in [0.1, 0.15) is 3.70 Å². The van der Waals surface area contributed by atoms with Gasteiger partial charge in [-0.1, -0.05) is 0 Å². The largest absolute Gasteiger partial charge is 0.461 e. The number of carbonyl (C=O) groups is 1. The third kappa shape index (κ3) is 3.32. The molecule has 17 heavy (non-hydrogen) atoms. The summed E-state index contributed by atoms with van der Waals surface area (Å²) >= 11 is 1.77. The van der Waals surface area contributed by atoms with Gasteiger partial charge in [0.25, 0.3) is 6.43 Å². The molecule has 2 N–H and O–H groups in total. The number of carbonyl (C=O) groups excluding carboxylic acids is 1. The molecule has 0 radical (unpaired) electrons. The number of rotatable bonds is 4. The van der Waals surface area contributed by atoms with Gasteiger partial charge in [-0.05, 0) is 35.6 Å². The summed E-state index contributed by atoms with van der Waals surface area (Å²) in [5.41, 5.74) is 5.03. The summed E-state index contributed by atoms with van der Waals surface area (Å²) in [6.07, 6.45) is -2.70. The molecule has 0 aliphatic rings. The molecule has 1 rings (SSSR count). The second-order valence-electron chi connectivity index (χ2n) is 3.09. The van der Waals surface area contributed by atoms with Crippen molar-refractivity contribution < 1.29 is 18.3 Å². The van der Waals surface area contributed by atoms with Gasteiger partial charge in [0, 0.05) is 17.7 Å². The highest BCUT2D eigenvalue weighted by Crippen LogP contribution is 2.26. The van der Waals surface area contributed by atoms with E-state index in [0.29, 0.717) is 3.70 Å². The Hall–Kier alpha value is -0.830. The molecular weight excluding hydrogens is 345 g/mol. The molecule has 0 saturated carbocycles. The van der Waals surface area contributed by atoms with E-state index in [1.165, 1.54) is 6.07 Å². The molecule has 0 atom stereocenters. The highest BCUT2D eigenvalue weighted by atomic mass is 127. The number of halogens is 3. The van der Waals surface area contributed by atoms with Crippen molar-refractivity contribution >= 4 is 28.6 Å². The standard InChI is InChI=1S/C10H11F2IN2O2/c1-2-17-10(16)8-6(4-14)5(9(11)12)3-7(13)15-8/h3,9H,2,4,14H2,1H3. The van der Waals surface area contributed by atoms with Crippen LogP contribution in [0.1, 0.15) is 35.0 Å². The van der Waals surface area contributed by atoms with Gasteiger partial charge in [0.05, 0.1) is 6.61 Å². The first-order chi connectivity index (χ1) is 8.01. The minimum absolute atomic E-state index is 0.0406. The Bertz CT molecular complexity index is 427. The first kappa shape index (κ1) is 14.2. The summed E-state index contributed by atoms with van der Waals surface area (Å²) in [7, 11) is 0. The first-order valence-corrected chi connectivity index (χ1v) is 5.93. The zero-order valence-electron chi connectivity index (χ0n) is 9.04. The Morgan fingerprint density at radius 3 is 2.76 bits per heavy atom. The van der Waals surface area contributed by atoms with Gasteiger partial charge in [-0.25, -0.2) is 18.6 Å². The highest BCUT2D eigenvalue weighted by molar-refractivity contribution is 14.1. The zero-order valence-corrected chi connectivity index (χ0v) is 11.2. The Morgan fingerprint density at radius 1 is 1.65 bits per heavy atom. The van der Waals surface area contributed by atoms with E-state index >= 15 is 0 Å². The van der Waals surface area contributed by atoms with Crippen LogP contribution in [-0.2, 0) is 11.3 Å². The molecule has 0 aliphatic heterocycles. The van der Waals surface area contributed by atoms with E-state index in [0.717, 1.165) is 0 Å². The fourth-order valence-electron chi connectivity index (χ4n) is 1.34. The van der Waals surface area contributed by atoms with E-state index in [9.17, 15) is 13.6 Å². The number of nitrogens with zero attached hydrogens (tertiary/aromatic N) is 1. The predicted octanol–water partition coefficient (Wildman–Crippen LogP) is 2.26. The lowest BCUT2D eigenvalue weighted by Gasteiger charge is -2.12. The quantitative estimate of drug-likeness (QED) is 0.511. The topological polar surface area (TPSA) is 65.2 Å². The fourth-order valence-corrected chi connectivity index (χ4v) is 1.91. The molecule has 0 aromatic carbocycles. The van der Waals surface area contributed by atoms with Crippen LogP contribution >= 0.6 is 22.6 Å². The molecule has 0 saturated heterocycles. The SMILES string of the molecule is CCOC(=O)c1nc(I)cc(C(F)F)c1CN. The van der Waals surface area contributed by atoms with Gasteiger partial charge >= 0.3 is 5.97 Å². The van der Waals surface area contributed by atoms with Crippen LogP contribution in [0, 0.1) is 3.70 Å². The fraction of sp³-hybridized carbons (Fsp3) is 0.400. The summed E-state index contributed by atoms with van der Waals surface area (Å²) < 4.78 is 30.6. The number of esters is 1. The second-order valence-corrected chi connectivity index (χ2v) is 4.19. The summed E-state index contributed by atoms with van der Waals surface area (Å²) in [4.78, 5) is 15.5. The molecule has 0 bridgehead atoms. The lowest BCUT2D eigenvalue weighted by Crippen LogP contribution is -2.16. The number of alkyl halides is 2. The number of hydrogen-bond donors (Lipinski definition) is 1. The monoisotopic (exact) mass is 356 g/mol. The van der Waals surface area contributed by atoms with Crippen molar-refractivity contribution in [1.82, 2.24) is 4.98 Å². The Balaban J connectivity index is 3.32. The lowest BCUT2D eigenvalue weighted by molar-refractivity contribution is 0.0517. The van der Waals surface area contributed by atoms with Gasteiger partial charge in [-0.3, -0.25) is 0 Å². The molecule has 1 aromatic heterocycles. The molecule has 1 aromatic rings. The summed E-state index contributed by atoms with van der Waals surface area (Å²) in [6, 6.07) is 1.22. The molecule has 7 heteroatoms. The normalized spacial score (nSPS) is 10.7. The van der Waals surface area contributed by atoms with E-state index in [4.69, 9.17) is 10.5 Å². The molecule has 0 fully saturated rings. The Kier molecular flexibility index (Phi) is 5.19. The van der Waals surface area contributed by atoms with Crippen LogP contribution in [0.4, 0.5) is 8.78 Å². The summed E-state index contributed by atoms with van der Waals surface area (Å²) in [5, 5.41) is 0. The van der Waals surface area contributed by atoms with E-state index in [1.807, 2.05) is 0 Å². The predicted molar refractivity (Wildman–Crippen MR) is 65.8 cm³/mol. The maximum absolute atomic E-state index is 12.8. The molecule has 4 nitrogen and oxygen atoms in total. The van der Waals surface area contributed by atoms with Crippen LogP contribution < -0.4 is 5.73 Å². The van der Waals surface area contributed by atoms with Crippen molar-refractivity contribution in [2.75, 3.05) is 6.61 Å². The third-order valence-corrected chi connectivity index (χ3v) is 2.59. The van der Waals surface area contributed by atoms with Crippen molar-refractivity contribution in [2.24, 2.45) is 5.73 Å². The zero-order chi connectivity index (χ0) is 13.0. The van der Waals surface area contributed by atoms with Crippen molar-refractivity contribution in [2.45, 2.75) is 19.9 Å². The van der Waals surface area contributed by atoms with Crippen LogP contribution in [0.15, 0.2) is 6.07 Å². The van der Waals surface area contributed by atoms with Crippen molar-refractivity contribution in [3.63, 3.8) is 0 Å². The van der Waals surface area contributed by atoms with Crippen molar-refractivity contribution in [3.8, 4) is 0 Å². The number of hydrogen-bond acceptors (Lipinski definition) is 4. The van der Waals surface area contributed by atoms with E-state index in [1.54, 1.807) is 29.5 Å². The van der Waals surface area contributed by atoms with Gasteiger partial charge in [-0.2, -0.15) is 0 Å². The van der Waals surface area contributed by atoms with Gasteiger partial charge in [-0.15, -0.1) is 0 Å². The van der Waals surface area contributed by atoms with Crippen LogP contribution in [-0.4, -0.2) is 17.6 Å². The number of nitrogens with two attached hydrogens (primary N) is 1. The minimum atomic E-state index is -2.70. The lowest BCUT2D eigenvalue weighted by atomic mass is 10.1. The van der Waals surface area contributed by atoms with E-state index < -0.39 is 12.4 Å². The first-order valence-electron chi connectivity index (χ1n) is 4.85. The van der Waals surface area contributed by atoms with Crippen LogP contribution in [0.2, 0.25) is 0 Å². The molecular formula is C10H11F2IN2O2. The summed E-state index contributed by atoms with van der Waals surface area (Å²) in [6.45, 7) is 1.60. The third-order valence-electron chi connectivity index (χ3n) is 2.04. The number of ether oxygens (including phenoxy) is 1. The second kappa shape index (κ2) is 6.20. The van der Waals surface area contributed by atoms with Crippen LogP contribution in [0.5, 0.6) is 0 Å². The molecule has 0 spiro atoms. The molecule has 1 heterocycles. The van der Waals surface area contributed by atoms with Crippen molar-refractivity contribution in [3.05, 3.63) is 26.6 Å². The van der Waals surface area contributed by atoms with Gasteiger partial charge in [0.2, 0.25) is 0 Å². The minimum Gasteiger partial charge on any atom is -0.461 e. The highest BCUT2D eigenvalue weighted by Gasteiger charge is 2.22. The Labute approximate surface area is 111 Å². The van der Waals surface area contributed by atoms with Crippen molar-refractivity contribution in [1.29, 1.82) is 0 Å². The van der Waals surface area contributed by atoms with Crippen LogP contribution in [0.25, 0.3) is 0 Å². The number of pyridine rings is 1. The maximum Gasteiger partial charge on any atom is 0.357 e.